The first kappa shape index (κ1) is 17.7. The van der Waals surface area contributed by atoms with E-state index in [-0.39, 0.29) is 24.2 Å². The van der Waals surface area contributed by atoms with Crippen LogP contribution in [0.25, 0.3) is 0 Å². The van der Waals surface area contributed by atoms with Crippen molar-refractivity contribution in [1.29, 1.82) is 0 Å². The van der Waals surface area contributed by atoms with Gasteiger partial charge in [-0.15, -0.1) is 0 Å². The van der Waals surface area contributed by atoms with Crippen LogP contribution in [0.15, 0.2) is 40.9 Å². The van der Waals surface area contributed by atoms with Crippen LogP contribution in [-0.4, -0.2) is 59.5 Å². The number of benzene rings is 1. The van der Waals surface area contributed by atoms with Gasteiger partial charge in [-0.2, -0.15) is 0 Å². The van der Waals surface area contributed by atoms with Crippen molar-refractivity contribution < 1.29 is 14.1 Å². The SMILES string of the molecule is Cc1cc(N2CC(C(=O)N3CCN(Cc4ccccc4)CC3)CC2=O)no1. The van der Waals surface area contributed by atoms with Gasteiger partial charge in [-0.1, -0.05) is 35.5 Å². The number of aromatic nitrogens is 1. The second kappa shape index (κ2) is 7.52. The highest BCUT2D eigenvalue weighted by Crippen LogP contribution is 2.26. The molecule has 1 aromatic carbocycles. The molecule has 0 aliphatic carbocycles. The van der Waals surface area contributed by atoms with E-state index in [1.807, 2.05) is 23.1 Å². The highest BCUT2D eigenvalue weighted by atomic mass is 16.5. The molecule has 1 unspecified atom stereocenters. The van der Waals surface area contributed by atoms with Gasteiger partial charge in [-0.05, 0) is 12.5 Å². The Kier molecular flexibility index (Phi) is 4.94. The molecule has 2 saturated heterocycles. The molecule has 0 saturated carbocycles. The van der Waals surface area contributed by atoms with Gasteiger partial charge in [0.2, 0.25) is 11.8 Å². The van der Waals surface area contributed by atoms with Crippen LogP contribution in [0.2, 0.25) is 0 Å². The minimum absolute atomic E-state index is 0.0654. The fourth-order valence-electron chi connectivity index (χ4n) is 3.80. The lowest BCUT2D eigenvalue weighted by atomic mass is 10.1. The average Bonchev–Trinajstić information content (AvgIpc) is 3.28. The molecule has 2 aliphatic rings. The molecule has 2 aromatic rings. The van der Waals surface area contributed by atoms with E-state index in [0.717, 1.165) is 19.6 Å². The average molecular weight is 368 g/mol. The fraction of sp³-hybridized carbons (Fsp3) is 0.450. The molecule has 3 heterocycles. The molecule has 142 valence electrons. The van der Waals surface area contributed by atoms with Crippen LogP contribution in [0, 0.1) is 12.8 Å². The highest BCUT2D eigenvalue weighted by Gasteiger charge is 2.38. The van der Waals surface area contributed by atoms with E-state index in [1.165, 1.54) is 5.56 Å². The van der Waals surface area contributed by atoms with Gasteiger partial charge in [0, 0.05) is 51.8 Å². The summed E-state index contributed by atoms with van der Waals surface area (Å²) in [6.07, 6.45) is 0.245. The summed E-state index contributed by atoms with van der Waals surface area (Å²) in [5.41, 5.74) is 1.29. The molecule has 27 heavy (non-hydrogen) atoms. The fourth-order valence-corrected chi connectivity index (χ4v) is 3.80. The van der Waals surface area contributed by atoms with Gasteiger partial charge in [0.1, 0.15) is 5.76 Å². The van der Waals surface area contributed by atoms with Gasteiger partial charge < -0.3 is 9.42 Å². The van der Waals surface area contributed by atoms with E-state index in [4.69, 9.17) is 4.52 Å². The minimum atomic E-state index is -0.296. The van der Waals surface area contributed by atoms with Crippen molar-refractivity contribution >= 4 is 17.6 Å². The van der Waals surface area contributed by atoms with Crippen molar-refractivity contribution in [1.82, 2.24) is 15.0 Å². The Balaban J connectivity index is 1.31. The molecule has 0 bridgehead atoms. The lowest BCUT2D eigenvalue weighted by Gasteiger charge is -2.35. The number of hydrogen-bond donors (Lipinski definition) is 0. The van der Waals surface area contributed by atoms with Crippen molar-refractivity contribution in [2.24, 2.45) is 5.92 Å². The summed E-state index contributed by atoms with van der Waals surface area (Å²) in [6, 6.07) is 12.1. The number of carbonyl (C=O) groups excluding carboxylic acids is 2. The van der Waals surface area contributed by atoms with Crippen molar-refractivity contribution in [2.45, 2.75) is 19.9 Å². The largest absolute Gasteiger partial charge is 0.360 e. The molecule has 2 fully saturated rings. The summed E-state index contributed by atoms with van der Waals surface area (Å²) in [5, 5.41) is 3.90. The first-order valence-corrected chi connectivity index (χ1v) is 9.39. The Bertz CT molecular complexity index is 812. The Hall–Kier alpha value is -2.67. The number of rotatable bonds is 4. The summed E-state index contributed by atoms with van der Waals surface area (Å²) < 4.78 is 5.05. The Morgan fingerprint density at radius 3 is 2.59 bits per heavy atom. The van der Waals surface area contributed by atoms with Crippen LogP contribution in [0.5, 0.6) is 0 Å². The number of nitrogens with zero attached hydrogens (tertiary/aromatic N) is 4. The van der Waals surface area contributed by atoms with Crippen LogP contribution >= 0.6 is 0 Å². The van der Waals surface area contributed by atoms with Crippen LogP contribution in [0.4, 0.5) is 5.82 Å². The highest BCUT2D eigenvalue weighted by molar-refractivity contribution is 5.99. The maximum Gasteiger partial charge on any atom is 0.229 e. The summed E-state index contributed by atoms with van der Waals surface area (Å²) >= 11 is 0. The van der Waals surface area contributed by atoms with Crippen molar-refractivity contribution in [3.05, 3.63) is 47.7 Å². The first-order valence-electron chi connectivity index (χ1n) is 9.39. The molecular weight excluding hydrogens is 344 g/mol. The van der Waals surface area contributed by atoms with Gasteiger partial charge in [-0.3, -0.25) is 19.4 Å². The number of hydrogen-bond acceptors (Lipinski definition) is 5. The second-order valence-electron chi connectivity index (χ2n) is 7.29. The Morgan fingerprint density at radius 2 is 1.93 bits per heavy atom. The van der Waals surface area contributed by atoms with Crippen LogP contribution in [-0.2, 0) is 16.1 Å². The number of carbonyl (C=O) groups is 2. The Labute approximate surface area is 158 Å². The quantitative estimate of drug-likeness (QED) is 0.821. The van der Waals surface area contributed by atoms with E-state index >= 15 is 0 Å². The van der Waals surface area contributed by atoms with Gasteiger partial charge in [-0.25, -0.2) is 0 Å². The third-order valence-electron chi connectivity index (χ3n) is 5.30. The monoisotopic (exact) mass is 368 g/mol. The molecule has 0 radical (unpaired) electrons. The number of aryl methyl sites for hydroxylation is 1. The topological polar surface area (TPSA) is 69.9 Å². The zero-order valence-electron chi connectivity index (χ0n) is 15.5. The summed E-state index contributed by atoms with van der Waals surface area (Å²) in [7, 11) is 0. The molecule has 2 amide bonds. The van der Waals surface area contributed by atoms with Crippen LogP contribution < -0.4 is 4.90 Å². The predicted octanol–water partition coefficient (Wildman–Crippen LogP) is 1.68. The van der Waals surface area contributed by atoms with E-state index in [0.29, 0.717) is 31.2 Å². The van der Waals surface area contributed by atoms with Crippen molar-refractivity contribution in [2.75, 3.05) is 37.6 Å². The normalized spacial score (nSPS) is 21.1. The zero-order valence-corrected chi connectivity index (χ0v) is 15.5. The third kappa shape index (κ3) is 3.88. The van der Waals surface area contributed by atoms with E-state index in [2.05, 4.69) is 22.2 Å². The Morgan fingerprint density at radius 1 is 1.19 bits per heavy atom. The van der Waals surface area contributed by atoms with Crippen LogP contribution in [0.1, 0.15) is 17.7 Å². The number of anilines is 1. The molecule has 1 atom stereocenters. The standard InChI is InChI=1S/C20H24N4O3/c1-15-11-18(21-27-15)24-14-17(12-19(24)25)20(26)23-9-7-22(8-10-23)13-16-5-3-2-4-6-16/h2-6,11,17H,7-10,12-14H2,1H3. The zero-order chi connectivity index (χ0) is 18.8. The first-order chi connectivity index (χ1) is 13.1. The van der Waals surface area contributed by atoms with Crippen molar-refractivity contribution in [3.63, 3.8) is 0 Å². The second-order valence-corrected chi connectivity index (χ2v) is 7.29. The molecule has 7 nitrogen and oxygen atoms in total. The molecule has 4 rings (SSSR count). The van der Waals surface area contributed by atoms with Gasteiger partial charge in [0.15, 0.2) is 5.82 Å². The van der Waals surface area contributed by atoms with Gasteiger partial charge in [0.05, 0.1) is 5.92 Å². The van der Waals surface area contributed by atoms with Gasteiger partial charge in [0.25, 0.3) is 0 Å². The van der Waals surface area contributed by atoms with Crippen LogP contribution in [0.3, 0.4) is 0 Å². The van der Waals surface area contributed by atoms with E-state index < -0.39 is 0 Å². The predicted molar refractivity (Wildman–Crippen MR) is 100.0 cm³/mol. The number of amides is 2. The minimum Gasteiger partial charge on any atom is -0.360 e. The number of piperazine rings is 1. The summed E-state index contributed by atoms with van der Waals surface area (Å²) in [5.74, 6) is 0.868. The molecule has 7 heteroatoms. The lowest BCUT2D eigenvalue weighted by molar-refractivity contribution is -0.137. The van der Waals surface area contributed by atoms with Crippen molar-refractivity contribution in [3.8, 4) is 0 Å². The molecule has 1 aromatic heterocycles. The van der Waals surface area contributed by atoms with E-state index in [1.54, 1.807) is 17.9 Å². The maximum atomic E-state index is 12.9. The molecular formula is C20H24N4O3. The summed E-state index contributed by atoms with van der Waals surface area (Å²) in [4.78, 5) is 31.0. The lowest BCUT2D eigenvalue weighted by Crippen LogP contribution is -2.50. The maximum absolute atomic E-state index is 12.9. The molecule has 0 N–H and O–H groups in total. The molecule has 0 spiro atoms. The third-order valence-corrected chi connectivity index (χ3v) is 5.30. The molecule has 2 aliphatic heterocycles. The summed E-state index contributed by atoms with van der Waals surface area (Å²) in [6.45, 7) is 6.20. The van der Waals surface area contributed by atoms with Gasteiger partial charge >= 0.3 is 0 Å². The van der Waals surface area contributed by atoms with E-state index in [9.17, 15) is 9.59 Å². The smallest absolute Gasteiger partial charge is 0.229 e.